The van der Waals surface area contributed by atoms with Gasteiger partial charge in [0.2, 0.25) is 0 Å². The van der Waals surface area contributed by atoms with Crippen molar-refractivity contribution in [3.63, 3.8) is 0 Å². The first kappa shape index (κ1) is 35.8. The van der Waals surface area contributed by atoms with Crippen molar-refractivity contribution in [2.45, 2.75) is 108 Å². The Bertz CT molecular complexity index is 2680. The summed E-state index contributed by atoms with van der Waals surface area (Å²) in [5.74, 6) is 5.17. The van der Waals surface area contributed by atoms with Crippen molar-refractivity contribution in [2.24, 2.45) is 23.7 Å². The molecule has 6 aliphatic carbocycles. The van der Waals surface area contributed by atoms with Crippen molar-refractivity contribution in [1.29, 1.82) is 0 Å². The summed E-state index contributed by atoms with van der Waals surface area (Å²) < 4.78 is 6.93. The normalized spacial score (nSPS) is 26.6. The highest BCUT2D eigenvalue weighted by molar-refractivity contribution is 5.87. The molecule has 1 heterocycles. The van der Waals surface area contributed by atoms with Crippen LogP contribution in [0.5, 0.6) is 11.5 Å². The molecule has 0 unspecified atom stereocenters. The van der Waals surface area contributed by atoms with Crippen molar-refractivity contribution in [3.8, 4) is 33.8 Å². The number of anilines is 3. The molecule has 0 saturated heterocycles. The quantitative estimate of drug-likeness (QED) is 0.177. The van der Waals surface area contributed by atoms with E-state index in [1.807, 2.05) is 0 Å². The van der Waals surface area contributed by atoms with Crippen molar-refractivity contribution in [2.75, 3.05) is 4.90 Å². The van der Waals surface area contributed by atoms with Gasteiger partial charge < -0.3 is 9.64 Å². The predicted molar refractivity (Wildman–Crippen MR) is 244 cm³/mol. The molecule has 6 aromatic carbocycles. The molecule has 4 saturated carbocycles. The van der Waals surface area contributed by atoms with Gasteiger partial charge >= 0.3 is 0 Å². The van der Waals surface area contributed by atoms with E-state index >= 15 is 0 Å². The SMILES string of the molecule is CC1(C)CCC(C)(C)c2c(-c3cccc(N(c4ccc5c(c4)C(C)(C)c4ccccc4-5)c4ccc5c(c4)C4(c6ccccc6O5)C5CC6CC(C5)CC4C6)c3)cccc21. The summed E-state index contributed by atoms with van der Waals surface area (Å²) in [7, 11) is 0. The van der Waals surface area contributed by atoms with Crippen LogP contribution in [0.1, 0.15) is 120 Å². The Balaban J connectivity index is 1.07. The molecule has 0 N–H and O–H groups in total. The molecule has 0 aromatic heterocycles. The van der Waals surface area contributed by atoms with Gasteiger partial charge in [-0.25, -0.2) is 0 Å². The van der Waals surface area contributed by atoms with Gasteiger partial charge in [-0.15, -0.1) is 0 Å². The number of para-hydroxylation sites is 1. The standard InChI is InChI=1S/C57H57NO/c1-54(2)25-26-55(3,4)53-43(16-12-19-48(53)54)37-13-11-14-40(32-37)58(41-21-23-45-44-15-7-8-17-46(44)56(5,6)49(45)33-41)42-22-24-52-50(34-42)57(47-18-9-10-20-51(47)59-52)38-28-35-27-36(30-38)31-39(57)29-35/h7-24,32-36,38-39H,25-31H2,1-6H3. The topological polar surface area (TPSA) is 12.5 Å². The van der Waals surface area contributed by atoms with Crippen LogP contribution >= 0.6 is 0 Å². The van der Waals surface area contributed by atoms with Crippen LogP contribution in [-0.4, -0.2) is 0 Å². The van der Waals surface area contributed by atoms with Crippen LogP contribution in [0, 0.1) is 23.7 Å². The van der Waals surface area contributed by atoms with E-state index in [0.717, 1.165) is 23.3 Å². The van der Waals surface area contributed by atoms with E-state index in [1.54, 1.807) is 0 Å². The number of ether oxygens (including phenoxy) is 1. The Morgan fingerprint density at radius 2 is 1.03 bits per heavy atom. The lowest BCUT2D eigenvalue weighted by Gasteiger charge is -2.63. The van der Waals surface area contributed by atoms with Gasteiger partial charge in [-0.1, -0.05) is 120 Å². The van der Waals surface area contributed by atoms with Gasteiger partial charge in [-0.2, -0.15) is 0 Å². The molecular formula is C57H57NO. The second kappa shape index (κ2) is 12.2. The molecular weight excluding hydrogens is 715 g/mol. The van der Waals surface area contributed by atoms with E-state index in [4.69, 9.17) is 4.74 Å². The molecule has 1 aliphatic heterocycles. The first-order chi connectivity index (χ1) is 28.4. The molecule has 0 radical (unpaired) electrons. The third-order valence-corrected chi connectivity index (χ3v) is 16.7. The summed E-state index contributed by atoms with van der Waals surface area (Å²) in [6.45, 7) is 14.6. The molecule has 6 aromatic rings. The third kappa shape index (κ3) is 4.98. The fraction of sp³-hybridized carbons (Fsp3) is 0.368. The van der Waals surface area contributed by atoms with Gasteiger partial charge in [-0.05, 0) is 172 Å². The summed E-state index contributed by atoms with van der Waals surface area (Å²) in [5.41, 5.74) is 17.8. The van der Waals surface area contributed by atoms with Crippen molar-refractivity contribution in [3.05, 3.63) is 161 Å². The fourth-order valence-electron chi connectivity index (χ4n) is 14.1. The van der Waals surface area contributed by atoms with E-state index < -0.39 is 0 Å². The van der Waals surface area contributed by atoms with Crippen molar-refractivity contribution >= 4 is 17.1 Å². The third-order valence-electron chi connectivity index (χ3n) is 16.7. The Labute approximate surface area is 351 Å². The average Bonchev–Trinajstić information content (AvgIpc) is 3.46. The zero-order valence-corrected chi connectivity index (χ0v) is 35.7. The molecule has 296 valence electrons. The maximum atomic E-state index is 6.93. The molecule has 2 nitrogen and oxygen atoms in total. The Hall–Kier alpha value is -5.08. The van der Waals surface area contributed by atoms with Gasteiger partial charge in [0.05, 0.1) is 0 Å². The van der Waals surface area contributed by atoms with Crippen LogP contribution in [0.15, 0.2) is 127 Å². The highest BCUT2D eigenvalue weighted by Crippen LogP contribution is 2.69. The van der Waals surface area contributed by atoms with Gasteiger partial charge in [0, 0.05) is 39.0 Å². The molecule has 13 rings (SSSR count). The predicted octanol–water partition coefficient (Wildman–Crippen LogP) is 15.3. The Kier molecular flexibility index (Phi) is 7.44. The van der Waals surface area contributed by atoms with Crippen LogP contribution in [0.25, 0.3) is 22.3 Å². The zero-order valence-electron chi connectivity index (χ0n) is 35.7. The number of fused-ring (bicyclic) bond motifs is 6. The summed E-state index contributed by atoms with van der Waals surface area (Å²) in [4.78, 5) is 2.57. The zero-order chi connectivity index (χ0) is 40.1. The minimum Gasteiger partial charge on any atom is -0.457 e. The number of hydrogen-bond acceptors (Lipinski definition) is 2. The molecule has 4 bridgehead atoms. The molecule has 1 spiro atoms. The van der Waals surface area contributed by atoms with Gasteiger partial charge in [-0.3, -0.25) is 0 Å². The van der Waals surface area contributed by atoms with Gasteiger partial charge in [0.1, 0.15) is 11.5 Å². The number of hydrogen-bond donors (Lipinski definition) is 0. The van der Waals surface area contributed by atoms with E-state index in [1.165, 1.54) is 118 Å². The van der Waals surface area contributed by atoms with Gasteiger partial charge in [0.25, 0.3) is 0 Å². The summed E-state index contributed by atoms with van der Waals surface area (Å²) in [6, 6.07) is 49.1. The van der Waals surface area contributed by atoms with E-state index in [2.05, 4.69) is 174 Å². The molecule has 7 aliphatic rings. The lowest BCUT2D eigenvalue weighted by atomic mass is 9.42. The Morgan fingerprint density at radius 3 is 1.81 bits per heavy atom. The fourth-order valence-corrected chi connectivity index (χ4v) is 14.1. The van der Waals surface area contributed by atoms with Crippen LogP contribution in [0.3, 0.4) is 0 Å². The second-order valence-corrected chi connectivity index (χ2v) is 21.2. The number of nitrogens with zero attached hydrogens (tertiary/aromatic N) is 1. The molecule has 0 atom stereocenters. The van der Waals surface area contributed by atoms with Crippen LogP contribution < -0.4 is 9.64 Å². The van der Waals surface area contributed by atoms with Crippen LogP contribution in [0.4, 0.5) is 17.1 Å². The van der Waals surface area contributed by atoms with Crippen LogP contribution in [-0.2, 0) is 21.7 Å². The highest BCUT2D eigenvalue weighted by atomic mass is 16.5. The van der Waals surface area contributed by atoms with E-state index in [0.29, 0.717) is 11.8 Å². The van der Waals surface area contributed by atoms with Crippen molar-refractivity contribution in [1.82, 2.24) is 0 Å². The Morgan fingerprint density at radius 1 is 0.458 bits per heavy atom. The highest BCUT2D eigenvalue weighted by Gasteiger charge is 2.61. The lowest BCUT2D eigenvalue weighted by molar-refractivity contribution is -0.0452. The van der Waals surface area contributed by atoms with E-state index in [9.17, 15) is 0 Å². The number of rotatable bonds is 4. The monoisotopic (exact) mass is 771 g/mol. The maximum absolute atomic E-state index is 6.93. The first-order valence-corrected chi connectivity index (χ1v) is 22.6. The molecule has 59 heavy (non-hydrogen) atoms. The minimum absolute atomic E-state index is 0.0236. The summed E-state index contributed by atoms with van der Waals surface area (Å²) in [5, 5.41) is 0. The summed E-state index contributed by atoms with van der Waals surface area (Å²) in [6.07, 6.45) is 9.19. The molecule has 4 fully saturated rings. The molecule has 2 heteroatoms. The number of benzene rings is 6. The van der Waals surface area contributed by atoms with E-state index in [-0.39, 0.29) is 21.7 Å². The minimum atomic E-state index is -0.102. The largest absolute Gasteiger partial charge is 0.457 e. The summed E-state index contributed by atoms with van der Waals surface area (Å²) >= 11 is 0. The maximum Gasteiger partial charge on any atom is 0.131 e. The average molecular weight is 772 g/mol. The second-order valence-electron chi connectivity index (χ2n) is 21.2. The smallest absolute Gasteiger partial charge is 0.131 e. The lowest BCUT2D eigenvalue weighted by Crippen LogP contribution is -2.57. The molecule has 0 amide bonds. The van der Waals surface area contributed by atoms with Crippen LogP contribution in [0.2, 0.25) is 0 Å². The van der Waals surface area contributed by atoms with Gasteiger partial charge in [0.15, 0.2) is 0 Å². The van der Waals surface area contributed by atoms with Crippen molar-refractivity contribution < 1.29 is 4.74 Å². The first-order valence-electron chi connectivity index (χ1n) is 22.6.